The monoisotopic (exact) mass is 627 g/mol. The number of para-hydroxylation sites is 1. The third-order valence-corrected chi connectivity index (χ3v) is 8.49. The third kappa shape index (κ3) is 8.41. The van der Waals surface area contributed by atoms with E-state index in [-0.39, 0.29) is 24.9 Å². The molecular formula is C31H38BrN3O4S. The van der Waals surface area contributed by atoms with Gasteiger partial charge in [-0.3, -0.25) is 13.9 Å². The molecule has 0 saturated carbocycles. The van der Waals surface area contributed by atoms with Crippen LogP contribution in [0.25, 0.3) is 0 Å². The van der Waals surface area contributed by atoms with Crippen molar-refractivity contribution in [2.75, 3.05) is 17.1 Å². The van der Waals surface area contributed by atoms with Gasteiger partial charge in [-0.15, -0.1) is 0 Å². The molecule has 9 heteroatoms. The Morgan fingerprint density at radius 2 is 1.52 bits per heavy atom. The molecule has 2 atom stereocenters. The highest BCUT2D eigenvalue weighted by molar-refractivity contribution is 9.10. The Labute approximate surface area is 246 Å². The van der Waals surface area contributed by atoms with Crippen molar-refractivity contribution < 1.29 is 18.0 Å². The minimum atomic E-state index is -3.82. The number of aryl methyl sites for hydroxylation is 2. The van der Waals surface area contributed by atoms with Crippen LogP contribution in [0.5, 0.6) is 0 Å². The minimum absolute atomic E-state index is 0.0873. The van der Waals surface area contributed by atoms with E-state index in [9.17, 15) is 18.0 Å². The molecule has 0 saturated heterocycles. The zero-order valence-corrected chi connectivity index (χ0v) is 26.1. The second-order valence-electron chi connectivity index (χ2n) is 10.2. The first-order chi connectivity index (χ1) is 18.9. The second kappa shape index (κ2) is 13.9. The van der Waals surface area contributed by atoms with Crippen molar-refractivity contribution in [1.29, 1.82) is 0 Å². The van der Waals surface area contributed by atoms with E-state index in [1.54, 1.807) is 0 Å². The molecule has 0 aliphatic rings. The summed E-state index contributed by atoms with van der Waals surface area (Å²) in [5.41, 5.74) is 3.67. The van der Waals surface area contributed by atoms with Crippen molar-refractivity contribution in [3.63, 3.8) is 0 Å². The number of sulfonamides is 1. The first-order valence-corrected chi connectivity index (χ1v) is 16.0. The van der Waals surface area contributed by atoms with Crippen molar-refractivity contribution in [3.8, 4) is 0 Å². The van der Waals surface area contributed by atoms with Gasteiger partial charge in [0.15, 0.2) is 0 Å². The minimum Gasteiger partial charge on any atom is -0.352 e. The van der Waals surface area contributed by atoms with Crippen LogP contribution in [-0.2, 0) is 32.6 Å². The quantitative estimate of drug-likeness (QED) is 0.292. The summed E-state index contributed by atoms with van der Waals surface area (Å²) in [7, 11) is -3.82. The van der Waals surface area contributed by atoms with E-state index in [2.05, 4.69) is 21.2 Å². The average Bonchev–Trinajstić information content (AvgIpc) is 2.89. The molecule has 0 fully saturated rings. The average molecular weight is 629 g/mol. The molecule has 0 aliphatic heterocycles. The van der Waals surface area contributed by atoms with Gasteiger partial charge in [-0.1, -0.05) is 83.5 Å². The zero-order chi connectivity index (χ0) is 29.4. The van der Waals surface area contributed by atoms with Gasteiger partial charge in [-0.2, -0.15) is 0 Å². The highest BCUT2D eigenvalue weighted by Gasteiger charge is 2.34. The molecule has 0 spiro atoms. The SMILES string of the molecule is CC[C@H](C)NC(=O)[C@@H](Cc1ccccc1)N(Cc1cccc(Br)c1)C(=O)CN(c1c(C)cccc1C)S(C)(=O)=O. The second-order valence-corrected chi connectivity index (χ2v) is 13.0. The van der Waals surface area contributed by atoms with Crippen molar-refractivity contribution in [3.05, 3.63) is 99.5 Å². The van der Waals surface area contributed by atoms with E-state index in [4.69, 9.17) is 0 Å². The summed E-state index contributed by atoms with van der Waals surface area (Å²) in [6.45, 7) is 7.25. The molecule has 2 amide bonds. The number of rotatable bonds is 12. The largest absolute Gasteiger partial charge is 0.352 e. The molecule has 3 aromatic rings. The van der Waals surface area contributed by atoms with Gasteiger partial charge in [0, 0.05) is 23.5 Å². The van der Waals surface area contributed by atoms with E-state index in [1.165, 1.54) is 4.90 Å². The van der Waals surface area contributed by atoms with Gasteiger partial charge in [-0.25, -0.2) is 8.42 Å². The van der Waals surface area contributed by atoms with E-state index < -0.39 is 28.5 Å². The molecule has 214 valence electrons. The van der Waals surface area contributed by atoms with Crippen LogP contribution in [0.15, 0.2) is 77.3 Å². The van der Waals surface area contributed by atoms with Crippen LogP contribution in [0, 0.1) is 13.8 Å². The zero-order valence-electron chi connectivity index (χ0n) is 23.7. The van der Waals surface area contributed by atoms with Crippen molar-refractivity contribution in [2.24, 2.45) is 0 Å². The van der Waals surface area contributed by atoms with Gasteiger partial charge in [-0.05, 0) is 61.6 Å². The summed E-state index contributed by atoms with van der Waals surface area (Å²) < 4.78 is 28.1. The standard InChI is InChI=1S/C31H38BrN3O4S/c1-6-24(4)33-31(37)28(19-25-14-8-7-9-15-25)34(20-26-16-11-17-27(32)18-26)29(36)21-35(40(5,38)39)30-22(2)12-10-13-23(30)3/h7-18,24,28H,6,19-21H2,1-5H3,(H,33,37)/t24-,28+/m0/s1. The number of anilines is 1. The number of benzene rings is 3. The highest BCUT2D eigenvalue weighted by Crippen LogP contribution is 2.27. The molecule has 7 nitrogen and oxygen atoms in total. The number of carbonyl (C=O) groups is 2. The molecule has 40 heavy (non-hydrogen) atoms. The maximum Gasteiger partial charge on any atom is 0.244 e. The molecule has 0 aromatic heterocycles. The van der Waals surface area contributed by atoms with Gasteiger partial charge in [0.25, 0.3) is 0 Å². The van der Waals surface area contributed by atoms with Crippen molar-refractivity contribution in [1.82, 2.24) is 10.2 Å². The van der Waals surface area contributed by atoms with Gasteiger partial charge >= 0.3 is 0 Å². The lowest BCUT2D eigenvalue weighted by Crippen LogP contribution is -2.54. The fraction of sp³-hybridized carbons (Fsp3) is 0.355. The summed E-state index contributed by atoms with van der Waals surface area (Å²) >= 11 is 3.49. The van der Waals surface area contributed by atoms with Gasteiger partial charge < -0.3 is 10.2 Å². The summed E-state index contributed by atoms with van der Waals surface area (Å²) in [5, 5.41) is 3.04. The Bertz CT molecular complexity index is 1410. The number of halogens is 1. The Balaban J connectivity index is 2.10. The Kier molecular flexibility index (Phi) is 10.9. The maximum absolute atomic E-state index is 14.2. The Hall–Kier alpha value is -3.17. The summed E-state index contributed by atoms with van der Waals surface area (Å²) in [4.78, 5) is 29.5. The number of nitrogens with zero attached hydrogens (tertiary/aromatic N) is 2. The number of carbonyl (C=O) groups excluding carboxylic acids is 2. The molecule has 0 heterocycles. The lowest BCUT2D eigenvalue weighted by Gasteiger charge is -2.34. The van der Waals surface area contributed by atoms with Crippen molar-refractivity contribution >= 4 is 43.5 Å². The maximum atomic E-state index is 14.2. The molecule has 3 aromatic carbocycles. The van der Waals surface area contributed by atoms with Crippen LogP contribution < -0.4 is 9.62 Å². The van der Waals surface area contributed by atoms with Crippen LogP contribution in [0.3, 0.4) is 0 Å². The first kappa shape index (κ1) is 31.4. The van der Waals surface area contributed by atoms with E-state index in [0.717, 1.165) is 43.7 Å². The number of nitrogens with one attached hydrogen (secondary N) is 1. The predicted octanol–water partition coefficient (Wildman–Crippen LogP) is 5.39. The predicted molar refractivity (Wildman–Crippen MR) is 165 cm³/mol. The van der Waals surface area contributed by atoms with Crippen LogP contribution >= 0.6 is 15.9 Å². The fourth-order valence-electron chi connectivity index (χ4n) is 4.60. The number of hydrogen-bond donors (Lipinski definition) is 1. The summed E-state index contributed by atoms with van der Waals surface area (Å²) in [6.07, 6.45) is 2.12. The summed E-state index contributed by atoms with van der Waals surface area (Å²) in [6, 6.07) is 21.6. The number of hydrogen-bond acceptors (Lipinski definition) is 4. The van der Waals surface area contributed by atoms with Crippen molar-refractivity contribution in [2.45, 2.75) is 59.2 Å². The Morgan fingerprint density at radius 3 is 2.10 bits per heavy atom. The molecule has 0 radical (unpaired) electrons. The molecule has 0 aliphatic carbocycles. The molecule has 0 bridgehead atoms. The molecular weight excluding hydrogens is 590 g/mol. The number of amides is 2. The van der Waals surface area contributed by atoms with E-state index in [1.807, 2.05) is 100 Å². The van der Waals surface area contributed by atoms with Gasteiger partial charge in [0.2, 0.25) is 21.8 Å². The first-order valence-electron chi connectivity index (χ1n) is 13.3. The molecule has 3 rings (SSSR count). The topological polar surface area (TPSA) is 86.8 Å². The lowest BCUT2D eigenvalue weighted by molar-refractivity contribution is -0.140. The van der Waals surface area contributed by atoms with E-state index in [0.29, 0.717) is 5.69 Å². The van der Waals surface area contributed by atoms with Crippen LogP contribution in [0.4, 0.5) is 5.69 Å². The normalized spacial score (nSPS) is 12.8. The fourth-order valence-corrected chi connectivity index (χ4v) is 6.01. The lowest BCUT2D eigenvalue weighted by atomic mass is 10.0. The third-order valence-electron chi connectivity index (χ3n) is 6.88. The molecule has 0 unspecified atom stereocenters. The van der Waals surface area contributed by atoms with Crippen LogP contribution in [0.2, 0.25) is 0 Å². The van der Waals surface area contributed by atoms with Crippen LogP contribution in [0.1, 0.15) is 42.5 Å². The van der Waals surface area contributed by atoms with Crippen LogP contribution in [-0.4, -0.2) is 50.0 Å². The van der Waals surface area contributed by atoms with E-state index >= 15 is 0 Å². The van der Waals surface area contributed by atoms with Gasteiger partial charge in [0.05, 0.1) is 11.9 Å². The van der Waals surface area contributed by atoms with Gasteiger partial charge in [0.1, 0.15) is 12.6 Å². The Morgan fingerprint density at radius 1 is 0.925 bits per heavy atom. The highest BCUT2D eigenvalue weighted by atomic mass is 79.9. The summed E-state index contributed by atoms with van der Waals surface area (Å²) in [5.74, 6) is -0.743. The smallest absolute Gasteiger partial charge is 0.244 e. The molecule has 1 N–H and O–H groups in total.